The number of amides is 1. The molecule has 1 amide bonds. The number of carbonyl (C=O) groups excluding carboxylic acids is 1. The molecule has 37 heavy (non-hydrogen) atoms. The van der Waals surface area contributed by atoms with Crippen molar-refractivity contribution in [3.05, 3.63) is 84.7 Å². The van der Waals surface area contributed by atoms with Crippen LogP contribution < -0.4 is 15.5 Å². The predicted octanol–water partition coefficient (Wildman–Crippen LogP) is 4.72. The first kappa shape index (κ1) is 24.4. The maximum absolute atomic E-state index is 15.8. The zero-order valence-corrected chi connectivity index (χ0v) is 20.3. The molecule has 0 aliphatic carbocycles. The summed E-state index contributed by atoms with van der Waals surface area (Å²) in [4.78, 5) is 27.8. The van der Waals surface area contributed by atoms with Gasteiger partial charge in [-0.1, -0.05) is 18.7 Å². The number of benzene rings is 2. The third-order valence-corrected chi connectivity index (χ3v) is 6.38. The molecular weight excluding hydrogens is 476 g/mol. The monoisotopic (exact) mass is 503 g/mol. The summed E-state index contributed by atoms with van der Waals surface area (Å²) in [6.07, 6.45) is 2.63. The minimum absolute atomic E-state index is 0.0492. The lowest BCUT2D eigenvalue weighted by Crippen LogP contribution is -2.44. The van der Waals surface area contributed by atoms with E-state index in [2.05, 4.69) is 49.0 Å². The highest BCUT2D eigenvalue weighted by Gasteiger charge is 2.38. The molecule has 0 spiro atoms. The van der Waals surface area contributed by atoms with Gasteiger partial charge in [-0.3, -0.25) is 4.79 Å². The maximum Gasteiger partial charge on any atom is 0.315 e. The number of aromatic amines is 1. The second-order valence-corrected chi connectivity index (χ2v) is 8.95. The van der Waals surface area contributed by atoms with E-state index in [-0.39, 0.29) is 28.2 Å². The van der Waals surface area contributed by atoms with Gasteiger partial charge >= 0.3 is 5.92 Å². The van der Waals surface area contributed by atoms with Crippen molar-refractivity contribution < 1.29 is 13.6 Å². The number of H-pyrrole nitrogens is 1. The van der Waals surface area contributed by atoms with Gasteiger partial charge in [-0.15, -0.1) is 0 Å². The summed E-state index contributed by atoms with van der Waals surface area (Å²) < 4.78 is 31.7. The van der Waals surface area contributed by atoms with Gasteiger partial charge in [0.05, 0.1) is 0 Å². The van der Waals surface area contributed by atoms with E-state index in [1.54, 1.807) is 6.20 Å². The van der Waals surface area contributed by atoms with Crippen molar-refractivity contribution in [1.82, 2.24) is 19.9 Å². The topological polar surface area (TPSA) is 89.2 Å². The second-order valence-electron chi connectivity index (χ2n) is 8.95. The number of fused-ring (bicyclic) bond motifs is 1. The number of hydrogen-bond acceptors (Lipinski definition) is 6. The Kier molecular flexibility index (Phi) is 6.58. The zero-order chi connectivity index (χ0) is 26.0. The Bertz CT molecular complexity index is 1430. The number of hydrogen-bond donors (Lipinski definition) is 3. The molecule has 3 N–H and O–H groups in total. The predicted molar refractivity (Wildman–Crippen MR) is 142 cm³/mol. The standard InChI is InChI=1S/C27H27F2N7O/c1-3-23(37)31-20-6-4-5-18(17-20)27(28,29)24-22-11-12-30-25(22)34-26(33-24)32-19-7-9-21(10-8-19)36-15-13-35(2)14-16-36/h3-12,17H,1,13-16H2,2H3,(H,31,37)(H2,30,32,33,34). The minimum Gasteiger partial charge on any atom is -0.369 e. The van der Waals surface area contributed by atoms with E-state index < -0.39 is 17.5 Å². The van der Waals surface area contributed by atoms with Crippen LogP contribution in [0, 0.1) is 0 Å². The number of nitrogens with one attached hydrogen (secondary N) is 3. The first-order valence-corrected chi connectivity index (χ1v) is 11.9. The number of alkyl halides is 2. The summed E-state index contributed by atoms with van der Waals surface area (Å²) >= 11 is 0. The fraction of sp³-hybridized carbons (Fsp3) is 0.222. The molecule has 8 nitrogen and oxygen atoms in total. The second kappa shape index (κ2) is 9.98. The molecule has 2 aromatic heterocycles. The third kappa shape index (κ3) is 5.14. The molecular formula is C27H27F2N7O. The maximum atomic E-state index is 15.8. The average molecular weight is 504 g/mol. The molecule has 5 rings (SSSR count). The van der Waals surface area contributed by atoms with E-state index in [0.29, 0.717) is 5.69 Å². The van der Waals surface area contributed by atoms with Crippen molar-refractivity contribution >= 4 is 40.0 Å². The minimum atomic E-state index is -3.46. The molecule has 3 heterocycles. The Balaban J connectivity index is 1.43. The Morgan fingerprint density at radius 1 is 1.05 bits per heavy atom. The highest BCUT2D eigenvalue weighted by atomic mass is 19.3. The number of halogens is 2. The van der Waals surface area contributed by atoms with E-state index in [0.717, 1.165) is 37.9 Å². The van der Waals surface area contributed by atoms with Crippen LogP contribution in [0.2, 0.25) is 0 Å². The van der Waals surface area contributed by atoms with E-state index in [9.17, 15) is 4.79 Å². The largest absolute Gasteiger partial charge is 0.369 e. The lowest BCUT2D eigenvalue weighted by molar-refractivity contribution is -0.111. The Labute approximate surface area is 213 Å². The lowest BCUT2D eigenvalue weighted by Gasteiger charge is -2.34. The van der Waals surface area contributed by atoms with Crippen molar-refractivity contribution in [3.63, 3.8) is 0 Å². The van der Waals surface area contributed by atoms with E-state index in [1.807, 2.05) is 24.3 Å². The highest BCUT2D eigenvalue weighted by Crippen LogP contribution is 2.39. The van der Waals surface area contributed by atoms with Crippen LogP contribution in [-0.2, 0) is 10.7 Å². The average Bonchev–Trinajstić information content (AvgIpc) is 3.38. The number of carbonyl (C=O) groups is 1. The summed E-state index contributed by atoms with van der Waals surface area (Å²) in [5.41, 5.74) is 1.57. The smallest absolute Gasteiger partial charge is 0.315 e. The Morgan fingerprint density at radius 3 is 2.54 bits per heavy atom. The molecule has 0 saturated carbocycles. The first-order chi connectivity index (χ1) is 17.8. The number of likely N-dealkylation sites (N-methyl/N-ethyl adjacent to an activating group) is 1. The fourth-order valence-electron chi connectivity index (χ4n) is 4.31. The molecule has 4 aromatic rings. The van der Waals surface area contributed by atoms with Gasteiger partial charge in [-0.25, -0.2) is 4.98 Å². The van der Waals surface area contributed by atoms with Gasteiger partial charge < -0.3 is 25.4 Å². The van der Waals surface area contributed by atoms with E-state index in [1.165, 1.54) is 30.3 Å². The van der Waals surface area contributed by atoms with Gasteiger partial charge in [0.2, 0.25) is 11.9 Å². The fourth-order valence-corrected chi connectivity index (χ4v) is 4.31. The van der Waals surface area contributed by atoms with Crippen molar-refractivity contribution in [2.24, 2.45) is 0 Å². The van der Waals surface area contributed by atoms with Gasteiger partial charge in [0.1, 0.15) is 11.3 Å². The molecule has 0 unspecified atom stereocenters. The van der Waals surface area contributed by atoms with Gasteiger partial charge in [0.25, 0.3) is 0 Å². The Hall–Kier alpha value is -4.31. The molecule has 1 fully saturated rings. The van der Waals surface area contributed by atoms with Gasteiger partial charge in [-0.05, 0) is 55.6 Å². The van der Waals surface area contributed by atoms with Crippen LogP contribution >= 0.6 is 0 Å². The lowest BCUT2D eigenvalue weighted by atomic mass is 10.0. The van der Waals surface area contributed by atoms with Crippen LogP contribution in [0.15, 0.2) is 73.4 Å². The first-order valence-electron chi connectivity index (χ1n) is 11.9. The van der Waals surface area contributed by atoms with Crippen molar-refractivity contribution in [2.45, 2.75) is 5.92 Å². The molecule has 1 aliphatic heterocycles. The Morgan fingerprint density at radius 2 is 1.81 bits per heavy atom. The number of nitrogens with zero attached hydrogens (tertiary/aromatic N) is 4. The number of rotatable bonds is 7. The molecule has 0 bridgehead atoms. The molecule has 10 heteroatoms. The molecule has 2 aromatic carbocycles. The highest BCUT2D eigenvalue weighted by molar-refractivity contribution is 5.98. The van der Waals surface area contributed by atoms with E-state index in [4.69, 9.17) is 0 Å². The quantitative estimate of drug-likeness (QED) is 0.317. The third-order valence-electron chi connectivity index (χ3n) is 6.38. The number of piperazine rings is 1. The molecule has 1 saturated heterocycles. The van der Waals surface area contributed by atoms with Gasteiger partial charge in [0.15, 0.2) is 0 Å². The van der Waals surface area contributed by atoms with Crippen molar-refractivity contribution in [3.8, 4) is 0 Å². The van der Waals surface area contributed by atoms with Crippen LogP contribution in [0.1, 0.15) is 11.3 Å². The van der Waals surface area contributed by atoms with Crippen molar-refractivity contribution in [1.29, 1.82) is 0 Å². The van der Waals surface area contributed by atoms with Gasteiger partial charge in [0, 0.05) is 60.4 Å². The van der Waals surface area contributed by atoms with Crippen LogP contribution in [0.4, 0.5) is 31.8 Å². The number of anilines is 4. The van der Waals surface area contributed by atoms with Crippen LogP contribution in [-0.4, -0.2) is 59.0 Å². The zero-order valence-electron chi connectivity index (χ0n) is 20.3. The summed E-state index contributed by atoms with van der Waals surface area (Å²) in [6, 6.07) is 14.8. The molecule has 0 atom stereocenters. The normalized spacial score (nSPS) is 14.5. The van der Waals surface area contributed by atoms with Crippen LogP contribution in [0.3, 0.4) is 0 Å². The molecule has 1 aliphatic rings. The molecule has 0 radical (unpaired) electrons. The number of aromatic nitrogens is 3. The summed E-state index contributed by atoms with van der Waals surface area (Å²) in [5.74, 6) is -3.89. The SMILES string of the molecule is C=CC(=O)Nc1cccc(C(F)(F)c2nc(Nc3ccc(N4CCN(C)CC4)cc3)nc3[nH]ccc23)c1. The summed E-state index contributed by atoms with van der Waals surface area (Å²) in [5, 5.41) is 5.79. The summed E-state index contributed by atoms with van der Waals surface area (Å²) in [6.45, 7) is 7.30. The van der Waals surface area contributed by atoms with Crippen LogP contribution in [0.5, 0.6) is 0 Å². The van der Waals surface area contributed by atoms with Crippen LogP contribution in [0.25, 0.3) is 11.0 Å². The molecule has 190 valence electrons. The van der Waals surface area contributed by atoms with Gasteiger partial charge in [-0.2, -0.15) is 13.8 Å². The van der Waals surface area contributed by atoms with E-state index >= 15 is 8.78 Å². The van der Waals surface area contributed by atoms with Crippen molar-refractivity contribution in [2.75, 3.05) is 48.8 Å². The summed E-state index contributed by atoms with van der Waals surface area (Å²) in [7, 11) is 2.11.